The lowest BCUT2D eigenvalue weighted by molar-refractivity contribution is 0.106. The second kappa shape index (κ2) is 3.80. The van der Waals surface area contributed by atoms with Gasteiger partial charge in [-0.2, -0.15) is 0 Å². The number of fused-ring (bicyclic) bond motifs is 1. The molecule has 1 heterocycles. The molecular weight excluding hydrogens is 178 g/mol. The number of hydrogen-bond donors (Lipinski definition) is 0. The molecule has 0 bridgehead atoms. The number of ether oxygens (including phenoxy) is 2. The molecule has 1 unspecified atom stereocenters. The van der Waals surface area contributed by atoms with E-state index < -0.39 is 0 Å². The zero-order valence-corrected chi connectivity index (χ0v) is 8.36. The molecule has 0 N–H and O–H groups in total. The zero-order valence-electron chi connectivity index (χ0n) is 8.36. The van der Waals surface area contributed by atoms with Crippen molar-refractivity contribution in [3.8, 4) is 0 Å². The van der Waals surface area contributed by atoms with Gasteiger partial charge in [0.25, 0.3) is 0 Å². The molecule has 0 aliphatic carbocycles. The maximum atomic E-state index is 5.22. The van der Waals surface area contributed by atoms with Crippen molar-refractivity contribution in [3.05, 3.63) is 35.4 Å². The topological polar surface area (TPSA) is 30.8 Å². The van der Waals surface area contributed by atoms with Crippen LogP contribution in [-0.4, -0.2) is 26.3 Å². The van der Waals surface area contributed by atoms with Crippen LogP contribution in [-0.2, 0) is 15.9 Å². The van der Waals surface area contributed by atoms with Crippen molar-refractivity contribution in [2.45, 2.75) is 12.6 Å². The molecule has 0 saturated heterocycles. The molecule has 1 aromatic rings. The number of rotatable bonds is 1. The molecule has 1 aliphatic heterocycles. The third-order valence-corrected chi connectivity index (χ3v) is 2.37. The van der Waals surface area contributed by atoms with Crippen molar-refractivity contribution >= 4 is 5.90 Å². The molecular formula is C11H13NO2. The average molecular weight is 191 g/mol. The molecule has 3 nitrogen and oxygen atoms in total. The first-order chi connectivity index (χ1) is 6.85. The van der Waals surface area contributed by atoms with E-state index in [1.165, 1.54) is 5.56 Å². The van der Waals surface area contributed by atoms with Crippen molar-refractivity contribution in [2.75, 3.05) is 14.2 Å². The highest BCUT2D eigenvalue weighted by Gasteiger charge is 2.20. The van der Waals surface area contributed by atoms with Crippen molar-refractivity contribution in [1.29, 1.82) is 0 Å². The fourth-order valence-electron chi connectivity index (χ4n) is 1.64. The summed E-state index contributed by atoms with van der Waals surface area (Å²) in [6, 6.07) is 8.10. The average Bonchev–Trinajstić information content (AvgIpc) is 2.27. The Labute approximate surface area is 83.4 Å². The summed E-state index contributed by atoms with van der Waals surface area (Å²) in [7, 11) is 3.29. The summed E-state index contributed by atoms with van der Waals surface area (Å²) >= 11 is 0. The maximum Gasteiger partial charge on any atom is 0.218 e. The molecule has 74 valence electrons. The standard InChI is InChI=1S/C11H13NO2/c1-13-10-7-8-5-3-4-6-9(8)11(12-10)14-2/h3-6,10H,7H2,1-2H3. The molecule has 0 aromatic heterocycles. The Kier molecular flexibility index (Phi) is 2.50. The van der Waals surface area contributed by atoms with Gasteiger partial charge >= 0.3 is 0 Å². The SMILES string of the molecule is COC1=NC(OC)Cc2ccccc21. The van der Waals surface area contributed by atoms with Crippen molar-refractivity contribution in [2.24, 2.45) is 4.99 Å². The second-order valence-electron chi connectivity index (χ2n) is 3.19. The van der Waals surface area contributed by atoms with Crippen LogP contribution in [0.5, 0.6) is 0 Å². The van der Waals surface area contributed by atoms with E-state index in [0.29, 0.717) is 5.90 Å². The largest absolute Gasteiger partial charge is 0.481 e. The summed E-state index contributed by atoms with van der Waals surface area (Å²) in [5.41, 5.74) is 2.30. The van der Waals surface area contributed by atoms with Crippen LogP contribution < -0.4 is 0 Å². The van der Waals surface area contributed by atoms with Gasteiger partial charge in [-0.25, -0.2) is 4.99 Å². The highest BCUT2D eigenvalue weighted by atomic mass is 16.5. The van der Waals surface area contributed by atoms with E-state index in [1.807, 2.05) is 18.2 Å². The van der Waals surface area contributed by atoms with Crippen LogP contribution in [0.15, 0.2) is 29.3 Å². The highest BCUT2D eigenvalue weighted by molar-refractivity contribution is 5.96. The van der Waals surface area contributed by atoms with E-state index in [0.717, 1.165) is 12.0 Å². The van der Waals surface area contributed by atoms with Gasteiger partial charge in [0, 0.05) is 19.1 Å². The summed E-state index contributed by atoms with van der Waals surface area (Å²) in [6.45, 7) is 0. The van der Waals surface area contributed by atoms with Gasteiger partial charge in [-0.05, 0) is 11.6 Å². The first-order valence-electron chi connectivity index (χ1n) is 4.58. The number of hydrogen-bond acceptors (Lipinski definition) is 3. The quantitative estimate of drug-likeness (QED) is 0.675. The van der Waals surface area contributed by atoms with Gasteiger partial charge in [-0.15, -0.1) is 0 Å². The van der Waals surface area contributed by atoms with E-state index in [4.69, 9.17) is 9.47 Å². The van der Waals surface area contributed by atoms with E-state index in [9.17, 15) is 0 Å². The Morgan fingerprint density at radius 2 is 2.07 bits per heavy atom. The molecule has 3 heteroatoms. The summed E-state index contributed by atoms with van der Waals surface area (Å²) < 4.78 is 10.4. The first kappa shape index (κ1) is 9.21. The van der Waals surface area contributed by atoms with Crippen LogP contribution in [0.2, 0.25) is 0 Å². The van der Waals surface area contributed by atoms with Gasteiger partial charge < -0.3 is 9.47 Å². The summed E-state index contributed by atoms with van der Waals surface area (Å²) in [6.07, 6.45) is 0.708. The molecule has 14 heavy (non-hydrogen) atoms. The highest BCUT2D eigenvalue weighted by Crippen LogP contribution is 2.20. The van der Waals surface area contributed by atoms with Crippen LogP contribution in [0, 0.1) is 0 Å². The molecule has 0 radical (unpaired) electrons. The number of nitrogens with zero attached hydrogens (tertiary/aromatic N) is 1. The molecule has 0 spiro atoms. The van der Waals surface area contributed by atoms with Gasteiger partial charge in [-0.3, -0.25) is 0 Å². The summed E-state index contributed by atoms with van der Waals surface area (Å²) in [5, 5.41) is 0. The molecule has 2 rings (SSSR count). The predicted molar refractivity (Wildman–Crippen MR) is 54.5 cm³/mol. The van der Waals surface area contributed by atoms with Crippen LogP contribution in [0.3, 0.4) is 0 Å². The maximum absolute atomic E-state index is 5.22. The molecule has 0 fully saturated rings. The first-order valence-corrected chi connectivity index (χ1v) is 4.58. The van der Waals surface area contributed by atoms with Gasteiger partial charge in [0.2, 0.25) is 5.90 Å². The molecule has 0 amide bonds. The van der Waals surface area contributed by atoms with E-state index in [-0.39, 0.29) is 6.23 Å². The van der Waals surface area contributed by atoms with Gasteiger partial charge in [0.15, 0.2) is 6.23 Å². The second-order valence-corrected chi connectivity index (χ2v) is 3.19. The third kappa shape index (κ3) is 1.51. The normalized spacial score (nSPS) is 19.9. The monoisotopic (exact) mass is 191 g/mol. The Morgan fingerprint density at radius 3 is 2.79 bits per heavy atom. The lowest BCUT2D eigenvalue weighted by Crippen LogP contribution is -2.23. The minimum atomic E-state index is -0.111. The van der Waals surface area contributed by atoms with Crippen molar-refractivity contribution in [1.82, 2.24) is 0 Å². The van der Waals surface area contributed by atoms with Gasteiger partial charge in [-0.1, -0.05) is 18.2 Å². The molecule has 0 saturated carbocycles. The minimum absolute atomic E-state index is 0.111. The predicted octanol–water partition coefficient (Wildman–Crippen LogP) is 1.61. The smallest absolute Gasteiger partial charge is 0.218 e. The van der Waals surface area contributed by atoms with Crippen molar-refractivity contribution in [3.63, 3.8) is 0 Å². The van der Waals surface area contributed by atoms with Gasteiger partial charge in [0.1, 0.15) is 0 Å². The van der Waals surface area contributed by atoms with E-state index in [1.54, 1.807) is 14.2 Å². The van der Waals surface area contributed by atoms with Crippen LogP contribution >= 0.6 is 0 Å². The Hall–Kier alpha value is -1.35. The lowest BCUT2D eigenvalue weighted by Gasteiger charge is -2.21. The van der Waals surface area contributed by atoms with Crippen LogP contribution in [0.25, 0.3) is 0 Å². The Balaban J connectivity index is 2.42. The van der Waals surface area contributed by atoms with Gasteiger partial charge in [0.05, 0.1) is 7.11 Å². The van der Waals surface area contributed by atoms with Crippen LogP contribution in [0.4, 0.5) is 0 Å². The fraction of sp³-hybridized carbons (Fsp3) is 0.364. The Morgan fingerprint density at radius 1 is 1.29 bits per heavy atom. The summed E-state index contributed by atoms with van der Waals surface area (Å²) in [5.74, 6) is 0.665. The van der Waals surface area contributed by atoms with Crippen LogP contribution in [0.1, 0.15) is 11.1 Å². The van der Waals surface area contributed by atoms with E-state index >= 15 is 0 Å². The number of methoxy groups -OCH3 is 2. The number of aliphatic imine (C=N–C) groups is 1. The fourth-order valence-corrected chi connectivity index (χ4v) is 1.64. The molecule has 1 atom stereocenters. The third-order valence-electron chi connectivity index (χ3n) is 2.37. The molecule has 1 aliphatic rings. The summed E-state index contributed by atoms with van der Waals surface area (Å²) in [4.78, 5) is 4.33. The Bertz CT molecular complexity index is 360. The van der Waals surface area contributed by atoms with Crippen molar-refractivity contribution < 1.29 is 9.47 Å². The number of benzene rings is 1. The molecule has 1 aromatic carbocycles. The zero-order chi connectivity index (χ0) is 9.97. The van der Waals surface area contributed by atoms with E-state index in [2.05, 4.69) is 11.1 Å². The minimum Gasteiger partial charge on any atom is -0.481 e. The lowest BCUT2D eigenvalue weighted by atomic mass is 10.0.